The van der Waals surface area contributed by atoms with Gasteiger partial charge in [0, 0.05) is 33.2 Å². The van der Waals surface area contributed by atoms with Crippen LogP contribution in [0.1, 0.15) is 0 Å². The van der Waals surface area contributed by atoms with Crippen LogP contribution >= 0.6 is 0 Å². The van der Waals surface area contributed by atoms with Crippen LogP contribution in [0.3, 0.4) is 0 Å². The number of rotatable bonds is 6. The average molecular weight is 613 g/mol. The topological polar surface area (TPSA) is 8.17 Å². The van der Waals surface area contributed by atoms with Gasteiger partial charge in [0.25, 0.3) is 0 Å². The van der Waals surface area contributed by atoms with Crippen molar-refractivity contribution in [3.8, 4) is 27.9 Å². The minimum absolute atomic E-state index is 1.12. The highest BCUT2D eigenvalue weighted by molar-refractivity contribution is 6.17. The molecule has 2 nitrogen and oxygen atoms in total. The van der Waals surface area contributed by atoms with Gasteiger partial charge in [0.1, 0.15) is 0 Å². The van der Waals surface area contributed by atoms with Gasteiger partial charge in [0.2, 0.25) is 0 Å². The molecule has 0 radical (unpaired) electrons. The molecule has 0 saturated heterocycles. The van der Waals surface area contributed by atoms with Gasteiger partial charge < -0.3 is 9.47 Å². The number of para-hydroxylation sites is 2. The zero-order valence-electron chi connectivity index (χ0n) is 26.4. The van der Waals surface area contributed by atoms with Gasteiger partial charge in [0.05, 0.1) is 16.7 Å². The van der Waals surface area contributed by atoms with Crippen molar-refractivity contribution in [2.75, 3.05) is 4.90 Å². The van der Waals surface area contributed by atoms with E-state index in [1.807, 2.05) is 0 Å². The molecule has 1 heterocycles. The van der Waals surface area contributed by atoms with Crippen molar-refractivity contribution in [1.82, 2.24) is 4.57 Å². The molecule has 9 rings (SSSR count). The maximum Gasteiger partial charge on any atom is 0.0547 e. The van der Waals surface area contributed by atoms with Gasteiger partial charge in [-0.2, -0.15) is 0 Å². The van der Waals surface area contributed by atoms with Crippen molar-refractivity contribution < 1.29 is 0 Å². The smallest absolute Gasteiger partial charge is 0.0547 e. The second kappa shape index (κ2) is 11.8. The molecule has 0 aliphatic rings. The summed E-state index contributed by atoms with van der Waals surface area (Å²) in [6.45, 7) is 0. The molecule has 0 saturated carbocycles. The van der Waals surface area contributed by atoms with Crippen LogP contribution in [0.25, 0.3) is 60.5 Å². The van der Waals surface area contributed by atoms with E-state index in [2.05, 4.69) is 204 Å². The minimum Gasteiger partial charge on any atom is -0.310 e. The molecule has 0 atom stereocenters. The lowest BCUT2D eigenvalue weighted by atomic mass is 9.96. The predicted molar refractivity (Wildman–Crippen MR) is 204 cm³/mol. The Morgan fingerprint density at radius 3 is 1.79 bits per heavy atom. The van der Waals surface area contributed by atoms with Gasteiger partial charge in [0.15, 0.2) is 0 Å². The van der Waals surface area contributed by atoms with Gasteiger partial charge in [-0.05, 0) is 82.2 Å². The van der Waals surface area contributed by atoms with Crippen molar-refractivity contribution in [2.45, 2.75) is 0 Å². The Hall–Kier alpha value is -6.38. The second-order valence-electron chi connectivity index (χ2n) is 12.2. The largest absolute Gasteiger partial charge is 0.310 e. The number of aromatic nitrogens is 1. The van der Waals surface area contributed by atoms with Crippen LogP contribution in [0.2, 0.25) is 0 Å². The van der Waals surface area contributed by atoms with Crippen LogP contribution in [0.15, 0.2) is 194 Å². The fraction of sp³-hybridized carbons (Fsp3) is 0. The van der Waals surface area contributed by atoms with E-state index in [0.717, 1.165) is 22.7 Å². The molecule has 0 aliphatic carbocycles. The van der Waals surface area contributed by atoms with Gasteiger partial charge in [-0.15, -0.1) is 0 Å². The summed E-state index contributed by atoms with van der Waals surface area (Å²) < 4.78 is 2.40. The van der Waals surface area contributed by atoms with Gasteiger partial charge in [-0.3, -0.25) is 0 Å². The molecule has 48 heavy (non-hydrogen) atoms. The Labute approximate surface area is 280 Å². The van der Waals surface area contributed by atoms with E-state index in [4.69, 9.17) is 0 Å². The molecule has 1 aromatic heterocycles. The molecule has 0 spiro atoms. The van der Waals surface area contributed by atoms with Crippen LogP contribution in [0.4, 0.5) is 17.1 Å². The van der Waals surface area contributed by atoms with Gasteiger partial charge in [-0.25, -0.2) is 0 Å². The standard InChI is InChI=1S/C46H32N2/c1-4-14-33(15-5-1)34-26-28-36(29-27-34)41-23-13-25-45-46(41)42-32-39(30-31-44(42)48(45)38-20-8-3-9-21-38)47(37-18-6-2-7-19-37)43-24-12-17-35-16-10-11-22-40(35)43/h1-32H. The number of fused-ring (bicyclic) bond motifs is 4. The lowest BCUT2D eigenvalue weighted by Gasteiger charge is -2.27. The first-order chi connectivity index (χ1) is 23.8. The molecule has 0 aliphatic heterocycles. The van der Waals surface area contributed by atoms with Crippen LogP contribution < -0.4 is 4.90 Å². The monoisotopic (exact) mass is 612 g/mol. The number of hydrogen-bond donors (Lipinski definition) is 0. The van der Waals surface area contributed by atoms with Crippen LogP contribution in [0.5, 0.6) is 0 Å². The molecular weight excluding hydrogens is 581 g/mol. The molecule has 0 N–H and O–H groups in total. The molecule has 8 aromatic carbocycles. The van der Waals surface area contributed by atoms with Crippen LogP contribution in [-0.2, 0) is 0 Å². The third kappa shape index (κ3) is 4.74. The highest BCUT2D eigenvalue weighted by Crippen LogP contribution is 2.44. The first kappa shape index (κ1) is 27.9. The summed E-state index contributed by atoms with van der Waals surface area (Å²) in [6, 6.07) is 69.9. The summed E-state index contributed by atoms with van der Waals surface area (Å²) in [5, 5.41) is 4.90. The van der Waals surface area contributed by atoms with E-state index in [-0.39, 0.29) is 0 Å². The van der Waals surface area contributed by atoms with Crippen molar-refractivity contribution in [1.29, 1.82) is 0 Å². The molecule has 9 aromatic rings. The minimum atomic E-state index is 1.12. The summed E-state index contributed by atoms with van der Waals surface area (Å²) in [5.74, 6) is 0. The highest BCUT2D eigenvalue weighted by Gasteiger charge is 2.20. The summed E-state index contributed by atoms with van der Waals surface area (Å²) >= 11 is 0. The van der Waals surface area contributed by atoms with Gasteiger partial charge >= 0.3 is 0 Å². The third-order valence-electron chi connectivity index (χ3n) is 9.37. The summed E-state index contributed by atoms with van der Waals surface area (Å²) in [7, 11) is 0. The van der Waals surface area contributed by atoms with Crippen LogP contribution in [-0.4, -0.2) is 4.57 Å². The average Bonchev–Trinajstić information content (AvgIpc) is 3.50. The quantitative estimate of drug-likeness (QED) is 0.181. The molecule has 226 valence electrons. The number of anilines is 3. The Morgan fingerprint density at radius 2 is 1.00 bits per heavy atom. The summed E-state index contributed by atoms with van der Waals surface area (Å²) in [4.78, 5) is 2.39. The Kier molecular flexibility index (Phi) is 6.84. The van der Waals surface area contributed by atoms with E-state index in [1.165, 1.54) is 54.8 Å². The zero-order valence-corrected chi connectivity index (χ0v) is 26.4. The Bertz CT molecular complexity index is 2530. The highest BCUT2D eigenvalue weighted by atomic mass is 15.1. The predicted octanol–water partition coefficient (Wildman–Crippen LogP) is 12.7. The fourth-order valence-electron chi connectivity index (χ4n) is 7.17. The van der Waals surface area contributed by atoms with E-state index >= 15 is 0 Å². The molecular formula is C46H32N2. The summed E-state index contributed by atoms with van der Waals surface area (Å²) in [6.07, 6.45) is 0. The van der Waals surface area contributed by atoms with Gasteiger partial charge in [-0.1, -0.05) is 140 Å². The summed E-state index contributed by atoms with van der Waals surface area (Å²) in [5.41, 5.74) is 11.8. The number of benzene rings is 8. The van der Waals surface area contributed by atoms with E-state index in [1.54, 1.807) is 0 Å². The van der Waals surface area contributed by atoms with Crippen molar-refractivity contribution >= 4 is 49.6 Å². The number of nitrogens with zero attached hydrogens (tertiary/aromatic N) is 2. The molecule has 0 unspecified atom stereocenters. The van der Waals surface area contributed by atoms with Crippen molar-refractivity contribution in [3.63, 3.8) is 0 Å². The Balaban J connectivity index is 1.31. The van der Waals surface area contributed by atoms with E-state index in [0.29, 0.717) is 0 Å². The van der Waals surface area contributed by atoms with Crippen molar-refractivity contribution in [3.05, 3.63) is 194 Å². The first-order valence-electron chi connectivity index (χ1n) is 16.4. The van der Waals surface area contributed by atoms with Crippen molar-refractivity contribution in [2.24, 2.45) is 0 Å². The lowest BCUT2D eigenvalue weighted by molar-refractivity contribution is 1.18. The normalized spacial score (nSPS) is 11.3. The van der Waals surface area contributed by atoms with E-state index < -0.39 is 0 Å². The fourth-order valence-corrected chi connectivity index (χ4v) is 7.17. The lowest BCUT2D eigenvalue weighted by Crippen LogP contribution is -2.10. The molecule has 2 heteroatoms. The molecule has 0 amide bonds. The SMILES string of the molecule is c1ccc(-c2ccc(-c3cccc4c3c3cc(N(c5ccccc5)c5cccc6ccccc56)ccc3n4-c3ccccc3)cc2)cc1. The third-order valence-corrected chi connectivity index (χ3v) is 9.37. The number of hydrogen-bond acceptors (Lipinski definition) is 1. The first-order valence-corrected chi connectivity index (χ1v) is 16.4. The maximum atomic E-state index is 2.40. The Morgan fingerprint density at radius 1 is 0.375 bits per heavy atom. The van der Waals surface area contributed by atoms with Crippen LogP contribution in [0, 0.1) is 0 Å². The maximum absolute atomic E-state index is 2.40. The second-order valence-corrected chi connectivity index (χ2v) is 12.2. The van der Waals surface area contributed by atoms with E-state index in [9.17, 15) is 0 Å². The zero-order chi connectivity index (χ0) is 31.9. The molecule has 0 fully saturated rings. The molecule has 0 bridgehead atoms.